The number of ether oxygens (including phenoxy) is 1. The van der Waals surface area contributed by atoms with Crippen molar-refractivity contribution < 1.29 is 22.7 Å². The van der Waals surface area contributed by atoms with E-state index in [0.717, 1.165) is 18.9 Å². The Kier molecular flexibility index (Phi) is 4.03. The predicted molar refractivity (Wildman–Crippen MR) is 65.8 cm³/mol. The Morgan fingerprint density at radius 2 is 2.11 bits per heavy atom. The van der Waals surface area contributed by atoms with Crippen LogP contribution in [0.5, 0.6) is 5.75 Å². The van der Waals surface area contributed by atoms with E-state index in [1.807, 2.05) is 0 Å². The molecular formula is C12H11BrF3NO2. The summed E-state index contributed by atoms with van der Waals surface area (Å²) < 4.78 is 42.9. The third kappa shape index (κ3) is 4.12. The van der Waals surface area contributed by atoms with Crippen LogP contribution in [0, 0.1) is 0 Å². The topological polar surface area (TPSA) is 38.3 Å². The Labute approximate surface area is 116 Å². The summed E-state index contributed by atoms with van der Waals surface area (Å²) in [6.45, 7) is -0.282. The Morgan fingerprint density at radius 3 is 2.68 bits per heavy atom. The molecule has 0 aromatic heterocycles. The molecule has 1 aliphatic rings. The second-order valence-corrected chi connectivity index (χ2v) is 5.12. The number of hydrogen-bond donors (Lipinski definition) is 1. The smallest absolute Gasteiger partial charge is 0.417 e. The van der Waals surface area contributed by atoms with E-state index in [1.54, 1.807) is 0 Å². The summed E-state index contributed by atoms with van der Waals surface area (Å²) in [5, 5.41) is 2.68. The van der Waals surface area contributed by atoms with Gasteiger partial charge >= 0.3 is 6.18 Å². The third-order valence-corrected chi connectivity index (χ3v) is 3.25. The lowest BCUT2D eigenvalue weighted by molar-refractivity contribution is -0.138. The molecule has 3 nitrogen and oxygen atoms in total. The van der Waals surface area contributed by atoms with E-state index in [9.17, 15) is 18.0 Å². The molecule has 2 rings (SSSR count). The van der Waals surface area contributed by atoms with Crippen molar-refractivity contribution in [3.63, 3.8) is 0 Å². The van der Waals surface area contributed by atoms with Gasteiger partial charge in [0, 0.05) is 10.5 Å². The van der Waals surface area contributed by atoms with Crippen molar-refractivity contribution >= 4 is 21.8 Å². The van der Waals surface area contributed by atoms with Crippen molar-refractivity contribution in [2.75, 3.05) is 6.61 Å². The van der Waals surface area contributed by atoms with E-state index in [1.165, 1.54) is 12.1 Å². The van der Waals surface area contributed by atoms with Crippen molar-refractivity contribution in [2.45, 2.75) is 25.1 Å². The van der Waals surface area contributed by atoms with Crippen LogP contribution in [0.2, 0.25) is 0 Å². The van der Waals surface area contributed by atoms with Gasteiger partial charge in [-0.15, -0.1) is 0 Å². The second kappa shape index (κ2) is 5.40. The highest BCUT2D eigenvalue weighted by Crippen LogP contribution is 2.36. The van der Waals surface area contributed by atoms with E-state index in [0.29, 0.717) is 0 Å². The molecule has 1 fully saturated rings. The van der Waals surface area contributed by atoms with E-state index in [-0.39, 0.29) is 28.8 Å². The van der Waals surface area contributed by atoms with Gasteiger partial charge in [-0.05, 0) is 31.0 Å². The zero-order chi connectivity index (χ0) is 14.0. The van der Waals surface area contributed by atoms with Crippen molar-refractivity contribution in [3.8, 4) is 5.75 Å². The molecule has 1 aromatic rings. The van der Waals surface area contributed by atoms with Crippen LogP contribution in [-0.4, -0.2) is 18.6 Å². The van der Waals surface area contributed by atoms with Crippen LogP contribution >= 0.6 is 15.9 Å². The summed E-state index contributed by atoms with van der Waals surface area (Å²) >= 11 is 2.83. The van der Waals surface area contributed by atoms with Crippen molar-refractivity contribution in [3.05, 3.63) is 28.2 Å². The van der Waals surface area contributed by atoms with Crippen LogP contribution in [0.1, 0.15) is 18.4 Å². The molecule has 104 valence electrons. The molecule has 0 aliphatic heterocycles. The normalized spacial score (nSPS) is 15.2. The summed E-state index contributed by atoms with van der Waals surface area (Å²) in [7, 11) is 0. The maximum absolute atomic E-state index is 12.6. The Morgan fingerprint density at radius 1 is 1.42 bits per heavy atom. The lowest BCUT2D eigenvalue weighted by Gasteiger charge is -2.12. The molecule has 1 aromatic carbocycles. The highest BCUT2D eigenvalue weighted by atomic mass is 79.9. The third-order valence-electron chi connectivity index (χ3n) is 2.56. The Balaban J connectivity index is 1.98. The van der Waals surface area contributed by atoms with E-state index < -0.39 is 11.7 Å². The van der Waals surface area contributed by atoms with Crippen LogP contribution in [-0.2, 0) is 11.0 Å². The van der Waals surface area contributed by atoms with Crippen LogP contribution < -0.4 is 10.1 Å². The summed E-state index contributed by atoms with van der Waals surface area (Å²) in [6.07, 6.45) is -2.57. The molecule has 0 unspecified atom stereocenters. The minimum Gasteiger partial charge on any atom is -0.484 e. The second-order valence-electron chi connectivity index (χ2n) is 4.27. The Hall–Kier alpha value is -1.24. The molecular weight excluding hydrogens is 327 g/mol. The minimum atomic E-state index is -4.46. The molecule has 19 heavy (non-hydrogen) atoms. The first-order valence-corrected chi connectivity index (χ1v) is 6.44. The molecule has 0 heterocycles. The van der Waals surface area contributed by atoms with Crippen LogP contribution in [0.15, 0.2) is 22.7 Å². The van der Waals surface area contributed by atoms with Gasteiger partial charge in [0.25, 0.3) is 5.91 Å². The van der Waals surface area contributed by atoms with Crippen molar-refractivity contribution in [1.29, 1.82) is 0 Å². The standard InChI is InChI=1S/C12H11BrF3NO2/c13-10-4-3-8(5-9(10)12(14,15)16)19-6-11(18)17-7-1-2-7/h3-5,7H,1-2,6H2,(H,17,18). The van der Waals surface area contributed by atoms with Gasteiger partial charge in [-0.3, -0.25) is 4.79 Å². The maximum Gasteiger partial charge on any atom is 0.417 e. The Bertz CT molecular complexity index is 486. The van der Waals surface area contributed by atoms with Gasteiger partial charge in [0.05, 0.1) is 5.56 Å². The van der Waals surface area contributed by atoms with Gasteiger partial charge in [0.1, 0.15) is 5.75 Å². The summed E-state index contributed by atoms with van der Waals surface area (Å²) in [5.41, 5.74) is -0.826. The molecule has 0 radical (unpaired) electrons. The molecule has 1 N–H and O–H groups in total. The number of hydrogen-bond acceptors (Lipinski definition) is 2. The van der Waals surface area contributed by atoms with Crippen LogP contribution in [0.4, 0.5) is 13.2 Å². The first-order chi connectivity index (χ1) is 8.86. The largest absolute Gasteiger partial charge is 0.484 e. The van der Waals surface area contributed by atoms with Gasteiger partial charge in [0.15, 0.2) is 6.61 Å². The number of rotatable bonds is 4. The molecule has 0 spiro atoms. The summed E-state index contributed by atoms with van der Waals surface area (Å²) in [4.78, 5) is 11.3. The SMILES string of the molecule is O=C(COc1ccc(Br)c(C(F)(F)F)c1)NC1CC1. The number of nitrogens with one attached hydrogen (secondary N) is 1. The maximum atomic E-state index is 12.6. The van der Waals surface area contributed by atoms with E-state index >= 15 is 0 Å². The number of carbonyl (C=O) groups excluding carboxylic acids is 1. The summed E-state index contributed by atoms with van der Waals surface area (Å²) in [5.74, 6) is -0.305. The van der Waals surface area contributed by atoms with E-state index in [2.05, 4.69) is 21.2 Å². The molecule has 0 atom stereocenters. The zero-order valence-electron chi connectivity index (χ0n) is 9.76. The first kappa shape index (κ1) is 14.2. The number of amides is 1. The molecule has 0 bridgehead atoms. The van der Waals surface area contributed by atoms with Crippen molar-refractivity contribution in [1.82, 2.24) is 5.32 Å². The van der Waals surface area contributed by atoms with Gasteiger partial charge in [-0.1, -0.05) is 15.9 Å². The first-order valence-electron chi connectivity index (χ1n) is 5.65. The highest BCUT2D eigenvalue weighted by molar-refractivity contribution is 9.10. The number of carbonyl (C=O) groups is 1. The fourth-order valence-corrected chi connectivity index (χ4v) is 1.93. The lowest BCUT2D eigenvalue weighted by Crippen LogP contribution is -2.30. The zero-order valence-corrected chi connectivity index (χ0v) is 11.3. The molecule has 0 saturated heterocycles. The fourth-order valence-electron chi connectivity index (χ4n) is 1.46. The fraction of sp³-hybridized carbons (Fsp3) is 0.417. The van der Waals surface area contributed by atoms with Crippen LogP contribution in [0.3, 0.4) is 0 Å². The quantitative estimate of drug-likeness (QED) is 0.916. The minimum absolute atomic E-state index is 0.0153. The van der Waals surface area contributed by atoms with Gasteiger partial charge in [-0.25, -0.2) is 0 Å². The molecule has 7 heteroatoms. The number of benzene rings is 1. The lowest BCUT2D eigenvalue weighted by atomic mass is 10.2. The molecule has 1 saturated carbocycles. The van der Waals surface area contributed by atoms with Gasteiger partial charge in [-0.2, -0.15) is 13.2 Å². The molecule has 1 amide bonds. The van der Waals surface area contributed by atoms with Gasteiger partial charge < -0.3 is 10.1 Å². The van der Waals surface area contributed by atoms with Crippen LogP contribution in [0.25, 0.3) is 0 Å². The monoisotopic (exact) mass is 337 g/mol. The average Bonchev–Trinajstić information content (AvgIpc) is 3.10. The highest BCUT2D eigenvalue weighted by Gasteiger charge is 2.33. The van der Waals surface area contributed by atoms with Crippen molar-refractivity contribution in [2.24, 2.45) is 0 Å². The van der Waals surface area contributed by atoms with Gasteiger partial charge in [0.2, 0.25) is 0 Å². The number of halogens is 4. The average molecular weight is 338 g/mol. The number of alkyl halides is 3. The van der Waals surface area contributed by atoms with E-state index in [4.69, 9.17) is 4.74 Å². The summed E-state index contributed by atoms with van der Waals surface area (Å²) in [6, 6.07) is 3.70. The molecule has 1 aliphatic carbocycles. The predicted octanol–water partition coefficient (Wildman–Crippen LogP) is 3.13.